The van der Waals surface area contributed by atoms with E-state index in [1.807, 2.05) is 6.07 Å². The van der Waals surface area contributed by atoms with E-state index in [0.717, 1.165) is 32.5 Å². The van der Waals surface area contributed by atoms with Gasteiger partial charge in [-0.15, -0.1) is 0 Å². The number of fused-ring (bicyclic) bond motifs is 1. The maximum atomic E-state index is 12.6. The van der Waals surface area contributed by atoms with E-state index in [1.54, 1.807) is 18.2 Å². The minimum Gasteiger partial charge on any atom is -0.482 e. The van der Waals surface area contributed by atoms with Crippen molar-refractivity contribution in [2.45, 2.75) is 25.4 Å². The van der Waals surface area contributed by atoms with Crippen LogP contribution in [0.4, 0.5) is 5.69 Å². The summed E-state index contributed by atoms with van der Waals surface area (Å²) in [6.45, 7) is 2.90. The minimum atomic E-state index is -0.203. The average Bonchev–Trinajstić information content (AvgIpc) is 2.69. The Hall–Kier alpha value is -2.86. The Bertz CT molecular complexity index is 830. The van der Waals surface area contributed by atoms with E-state index in [-0.39, 0.29) is 24.5 Å². The highest BCUT2D eigenvalue weighted by molar-refractivity contribution is 5.99. The van der Waals surface area contributed by atoms with Crippen LogP contribution in [0.25, 0.3) is 0 Å². The number of anilines is 1. The van der Waals surface area contributed by atoms with Crippen LogP contribution in [-0.2, 0) is 11.3 Å². The molecule has 4 rings (SSSR count). The fraction of sp³-hybridized carbons (Fsp3) is 0.333. The lowest BCUT2D eigenvalue weighted by Crippen LogP contribution is -2.44. The Balaban J connectivity index is 1.31. The van der Waals surface area contributed by atoms with Crippen LogP contribution in [0.3, 0.4) is 0 Å². The molecule has 0 spiro atoms. The molecule has 2 heterocycles. The molecule has 2 amide bonds. The van der Waals surface area contributed by atoms with Gasteiger partial charge in [-0.3, -0.25) is 14.5 Å². The zero-order chi connectivity index (χ0) is 18.6. The summed E-state index contributed by atoms with van der Waals surface area (Å²) in [5.41, 5.74) is 2.40. The summed E-state index contributed by atoms with van der Waals surface area (Å²) in [5, 5.41) is 5.86. The first kappa shape index (κ1) is 17.5. The first-order valence-electron chi connectivity index (χ1n) is 9.31. The summed E-state index contributed by atoms with van der Waals surface area (Å²) in [4.78, 5) is 26.4. The number of hydrogen-bond acceptors (Lipinski definition) is 4. The highest BCUT2D eigenvalue weighted by Crippen LogP contribution is 2.28. The molecule has 1 fully saturated rings. The molecule has 2 N–H and O–H groups in total. The molecule has 0 aliphatic carbocycles. The molecule has 2 aromatic carbocycles. The molecule has 140 valence electrons. The fourth-order valence-electron chi connectivity index (χ4n) is 3.57. The second kappa shape index (κ2) is 7.80. The van der Waals surface area contributed by atoms with Crippen LogP contribution < -0.4 is 15.4 Å². The van der Waals surface area contributed by atoms with Crippen molar-refractivity contribution in [1.29, 1.82) is 0 Å². The maximum Gasteiger partial charge on any atom is 0.262 e. The first-order chi connectivity index (χ1) is 13.2. The van der Waals surface area contributed by atoms with Crippen molar-refractivity contribution in [1.82, 2.24) is 10.2 Å². The van der Waals surface area contributed by atoms with Gasteiger partial charge in [-0.25, -0.2) is 0 Å². The molecule has 6 heteroatoms. The van der Waals surface area contributed by atoms with Gasteiger partial charge in [0.2, 0.25) is 0 Å². The summed E-state index contributed by atoms with van der Waals surface area (Å²) in [7, 11) is 0. The number of hydrogen-bond donors (Lipinski definition) is 2. The van der Waals surface area contributed by atoms with Crippen LogP contribution in [-0.4, -0.2) is 42.5 Å². The van der Waals surface area contributed by atoms with Crippen LogP contribution in [0.5, 0.6) is 5.75 Å². The van der Waals surface area contributed by atoms with Crippen LogP contribution in [0.1, 0.15) is 28.8 Å². The predicted molar refractivity (Wildman–Crippen MR) is 103 cm³/mol. The molecule has 0 unspecified atom stereocenters. The number of ether oxygens (including phenoxy) is 1. The average molecular weight is 365 g/mol. The van der Waals surface area contributed by atoms with Crippen molar-refractivity contribution in [3.8, 4) is 5.75 Å². The number of amides is 2. The van der Waals surface area contributed by atoms with Crippen molar-refractivity contribution in [2.24, 2.45) is 0 Å². The van der Waals surface area contributed by atoms with E-state index in [4.69, 9.17) is 4.74 Å². The Morgan fingerprint density at radius 2 is 1.93 bits per heavy atom. The normalized spacial score (nSPS) is 17.6. The monoisotopic (exact) mass is 365 g/mol. The van der Waals surface area contributed by atoms with E-state index in [2.05, 4.69) is 39.8 Å². The number of likely N-dealkylation sites (tertiary alicyclic amines) is 1. The number of nitrogens with zero attached hydrogens (tertiary/aromatic N) is 1. The zero-order valence-electron chi connectivity index (χ0n) is 15.1. The SMILES string of the molecule is O=C1COc2ccc(C(=O)NC3CCN(Cc4ccccc4)CC3)cc2N1. The largest absolute Gasteiger partial charge is 0.482 e. The summed E-state index contributed by atoms with van der Waals surface area (Å²) in [6, 6.07) is 15.8. The molecule has 0 bridgehead atoms. The third kappa shape index (κ3) is 4.28. The van der Waals surface area contributed by atoms with Crippen molar-refractivity contribution >= 4 is 17.5 Å². The highest BCUT2D eigenvalue weighted by Gasteiger charge is 2.22. The Labute approximate surface area is 158 Å². The van der Waals surface area contributed by atoms with Gasteiger partial charge in [-0.1, -0.05) is 30.3 Å². The summed E-state index contributed by atoms with van der Waals surface area (Å²) in [5.74, 6) is 0.283. The molecule has 0 saturated carbocycles. The van der Waals surface area contributed by atoms with Crippen LogP contribution in [0.15, 0.2) is 48.5 Å². The van der Waals surface area contributed by atoms with E-state index in [0.29, 0.717) is 17.0 Å². The molecule has 0 aromatic heterocycles. The lowest BCUT2D eigenvalue weighted by Gasteiger charge is -2.32. The van der Waals surface area contributed by atoms with Crippen molar-refractivity contribution in [2.75, 3.05) is 25.0 Å². The van der Waals surface area contributed by atoms with E-state index in [1.165, 1.54) is 5.56 Å². The molecular formula is C21H23N3O3. The molecule has 2 aliphatic heterocycles. The molecule has 0 radical (unpaired) electrons. The first-order valence-corrected chi connectivity index (χ1v) is 9.31. The van der Waals surface area contributed by atoms with Crippen molar-refractivity contribution in [3.63, 3.8) is 0 Å². The number of carbonyl (C=O) groups excluding carboxylic acids is 2. The maximum absolute atomic E-state index is 12.6. The smallest absolute Gasteiger partial charge is 0.262 e. The number of piperidine rings is 1. The fourth-order valence-corrected chi connectivity index (χ4v) is 3.57. The van der Waals surface area contributed by atoms with Gasteiger partial charge in [-0.05, 0) is 36.6 Å². The van der Waals surface area contributed by atoms with E-state index >= 15 is 0 Å². The molecule has 2 aliphatic rings. The number of rotatable bonds is 4. The molecule has 0 atom stereocenters. The van der Waals surface area contributed by atoms with E-state index < -0.39 is 0 Å². The lowest BCUT2D eigenvalue weighted by molar-refractivity contribution is -0.118. The molecule has 6 nitrogen and oxygen atoms in total. The van der Waals surface area contributed by atoms with Gasteiger partial charge in [-0.2, -0.15) is 0 Å². The second-order valence-electron chi connectivity index (χ2n) is 7.06. The number of nitrogens with one attached hydrogen (secondary N) is 2. The minimum absolute atomic E-state index is 0.0140. The third-order valence-electron chi connectivity index (χ3n) is 5.05. The van der Waals surface area contributed by atoms with Gasteiger partial charge >= 0.3 is 0 Å². The lowest BCUT2D eigenvalue weighted by atomic mass is 10.0. The summed E-state index contributed by atoms with van der Waals surface area (Å²) < 4.78 is 5.33. The quantitative estimate of drug-likeness (QED) is 0.873. The standard InChI is InChI=1S/C21H23N3O3/c25-20-14-27-19-7-6-16(12-18(19)23-20)21(26)22-17-8-10-24(11-9-17)13-15-4-2-1-3-5-15/h1-7,12,17H,8-11,13-14H2,(H,22,26)(H,23,25). The van der Waals surface area contributed by atoms with Gasteiger partial charge in [0.05, 0.1) is 5.69 Å². The molecular weight excluding hydrogens is 342 g/mol. The zero-order valence-corrected chi connectivity index (χ0v) is 15.1. The van der Waals surface area contributed by atoms with Gasteiger partial charge in [0.25, 0.3) is 11.8 Å². The van der Waals surface area contributed by atoms with Crippen LogP contribution in [0, 0.1) is 0 Å². The van der Waals surface area contributed by atoms with Crippen molar-refractivity contribution in [3.05, 3.63) is 59.7 Å². The molecule has 2 aromatic rings. The topological polar surface area (TPSA) is 70.7 Å². The van der Waals surface area contributed by atoms with Crippen molar-refractivity contribution < 1.29 is 14.3 Å². The van der Waals surface area contributed by atoms with Gasteiger partial charge in [0.15, 0.2) is 6.61 Å². The summed E-state index contributed by atoms with van der Waals surface area (Å²) in [6.07, 6.45) is 1.87. The Kier molecular flexibility index (Phi) is 5.07. The predicted octanol–water partition coefficient (Wildman–Crippen LogP) is 2.41. The van der Waals surface area contributed by atoms with Gasteiger partial charge in [0, 0.05) is 31.2 Å². The van der Waals surface area contributed by atoms with E-state index in [9.17, 15) is 9.59 Å². The third-order valence-corrected chi connectivity index (χ3v) is 5.05. The number of carbonyl (C=O) groups is 2. The van der Waals surface area contributed by atoms with Gasteiger partial charge < -0.3 is 15.4 Å². The van der Waals surface area contributed by atoms with Crippen LogP contribution >= 0.6 is 0 Å². The number of benzene rings is 2. The highest BCUT2D eigenvalue weighted by atomic mass is 16.5. The molecule has 1 saturated heterocycles. The van der Waals surface area contributed by atoms with Gasteiger partial charge in [0.1, 0.15) is 5.75 Å². The van der Waals surface area contributed by atoms with Crippen LogP contribution in [0.2, 0.25) is 0 Å². The Morgan fingerprint density at radius 3 is 2.70 bits per heavy atom. The molecule has 27 heavy (non-hydrogen) atoms. The summed E-state index contributed by atoms with van der Waals surface area (Å²) >= 11 is 0. The second-order valence-corrected chi connectivity index (χ2v) is 7.06. The Morgan fingerprint density at radius 1 is 1.15 bits per heavy atom.